The third kappa shape index (κ3) is 5.01. The highest BCUT2D eigenvalue weighted by atomic mass is 19.2. The van der Waals surface area contributed by atoms with Gasteiger partial charge in [0.1, 0.15) is 0 Å². The molecule has 0 aromatic heterocycles. The molecule has 2 saturated heterocycles. The minimum atomic E-state index is -0.813. The van der Waals surface area contributed by atoms with Crippen molar-refractivity contribution >= 4 is 5.91 Å². The highest BCUT2D eigenvalue weighted by molar-refractivity contribution is 5.76. The van der Waals surface area contributed by atoms with Crippen molar-refractivity contribution in [3.8, 4) is 0 Å². The Morgan fingerprint density at radius 2 is 1.73 bits per heavy atom. The number of halogens is 2. The lowest BCUT2D eigenvalue weighted by molar-refractivity contribution is -0.133. The van der Waals surface area contributed by atoms with E-state index in [0.29, 0.717) is 32.1 Å². The van der Waals surface area contributed by atoms with E-state index in [1.54, 1.807) is 6.07 Å². The maximum atomic E-state index is 13.3. The quantitative estimate of drug-likeness (QED) is 0.776. The first-order chi connectivity index (χ1) is 12.5. The summed E-state index contributed by atoms with van der Waals surface area (Å²) in [5.41, 5.74) is 0.767. The first-order valence-electron chi connectivity index (χ1n) is 9.71. The zero-order valence-corrected chi connectivity index (χ0v) is 15.6. The summed E-state index contributed by atoms with van der Waals surface area (Å²) in [7, 11) is 0. The van der Waals surface area contributed by atoms with Gasteiger partial charge in [-0.15, -0.1) is 0 Å². The molecule has 1 amide bonds. The number of likely N-dealkylation sites (tertiary alicyclic amines) is 1. The molecule has 6 heteroatoms. The van der Waals surface area contributed by atoms with E-state index in [9.17, 15) is 13.6 Å². The van der Waals surface area contributed by atoms with Crippen molar-refractivity contribution < 1.29 is 13.6 Å². The minimum absolute atomic E-state index is 0.239. The van der Waals surface area contributed by atoms with Gasteiger partial charge in [-0.3, -0.25) is 9.69 Å². The smallest absolute Gasteiger partial charge is 0.222 e. The molecule has 0 radical (unpaired) electrons. The number of carbonyl (C=O) groups is 1. The van der Waals surface area contributed by atoms with Crippen LogP contribution >= 0.6 is 0 Å². The Labute approximate surface area is 154 Å². The molecule has 4 nitrogen and oxygen atoms in total. The van der Waals surface area contributed by atoms with Crippen LogP contribution in [0.2, 0.25) is 0 Å². The van der Waals surface area contributed by atoms with Crippen molar-refractivity contribution in [1.82, 2.24) is 14.7 Å². The van der Waals surface area contributed by atoms with Crippen LogP contribution in [-0.4, -0.2) is 65.9 Å². The maximum Gasteiger partial charge on any atom is 0.222 e. The van der Waals surface area contributed by atoms with Crippen LogP contribution in [0.1, 0.15) is 38.2 Å². The second kappa shape index (κ2) is 8.91. The van der Waals surface area contributed by atoms with Gasteiger partial charge in [0.2, 0.25) is 5.91 Å². The molecule has 0 N–H and O–H groups in total. The predicted octanol–water partition coefficient (Wildman–Crippen LogP) is 2.87. The van der Waals surface area contributed by atoms with Crippen LogP contribution in [0.5, 0.6) is 0 Å². The Balaban J connectivity index is 1.39. The van der Waals surface area contributed by atoms with Crippen molar-refractivity contribution in [1.29, 1.82) is 0 Å². The zero-order chi connectivity index (χ0) is 18.5. The van der Waals surface area contributed by atoms with Gasteiger partial charge in [-0.25, -0.2) is 8.78 Å². The lowest BCUT2D eigenvalue weighted by Gasteiger charge is -2.35. The number of carbonyl (C=O) groups excluding carboxylic acids is 1. The van der Waals surface area contributed by atoms with Crippen LogP contribution in [0, 0.1) is 11.6 Å². The molecule has 1 unspecified atom stereocenters. The fraction of sp³-hybridized carbons (Fsp3) is 0.650. The highest BCUT2D eigenvalue weighted by Crippen LogP contribution is 2.17. The van der Waals surface area contributed by atoms with E-state index in [0.717, 1.165) is 38.2 Å². The third-order valence-electron chi connectivity index (χ3n) is 5.66. The van der Waals surface area contributed by atoms with Gasteiger partial charge in [-0.05, 0) is 57.0 Å². The molecule has 2 fully saturated rings. The molecule has 144 valence electrons. The topological polar surface area (TPSA) is 26.8 Å². The number of amides is 1. The fourth-order valence-corrected chi connectivity index (χ4v) is 3.91. The summed E-state index contributed by atoms with van der Waals surface area (Å²) in [5.74, 6) is -1.38. The highest BCUT2D eigenvalue weighted by Gasteiger charge is 2.23. The number of hydrogen-bond acceptors (Lipinski definition) is 3. The van der Waals surface area contributed by atoms with E-state index in [1.165, 1.54) is 25.0 Å². The number of hydrogen-bond donors (Lipinski definition) is 0. The average molecular weight is 365 g/mol. The van der Waals surface area contributed by atoms with Crippen LogP contribution in [-0.2, 0) is 11.3 Å². The minimum Gasteiger partial charge on any atom is -0.340 e. The Hall–Kier alpha value is -1.53. The molecule has 2 aliphatic heterocycles. The van der Waals surface area contributed by atoms with Gasteiger partial charge in [0.15, 0.2) is 11.6 Å². The Morgan fingerprint density at radius 3 is 2.38 bits per heavy atom. The lowest BCUT2D eigenvalue weighted by Crippen LogP contribution is -2.48. The second-order valence-electron chi connectivity index (χ2n) is 7.54. The van der Waals surface area contributed by atoms with Gasteiger partial charge in [-0.1, -0.05) is 6.07 Å². The van der Waals surface area contributed by atoms with Crippen molar-refractivity contribution in [3.05, 3.63) is 35.4 Å². The fourth-order valence-electron chi connectivity index (χ4n) is 3.91. The Kier molecular flexibility index (Phi) is 6.59. The second-order valence-corrected chi connectivity index (χ2v) is 7.54. The van der Waals surface area contributed by atoms with Gasteiger partial charge in [0.05, 0.1) is 0 Å². The zero-order valence-electron chi connectivity index (χ0n) is 15.6. The van der Waals surface area contributed by atoms with Crippen molar-refractivity contribution in [2.24, 2.45) is 0 Å². The van der Waals surface area contributed by atoms with Crippen molar-refractivity contribution in [2.45, 2.75) is 45.2 Å². The standard InChI is InChI=1S/C20H29F2N3O/c1-16(24-8-2-3-9-24)4-7-20(26)25-12-10-23(11-13-25)15-17-5-6-18(21)19(22)14-17/h5-6,14,16H,2-4,7-13,15H2,1H3. The van der Waals surface area contributed by atoms with Gasteiger partial charge < -0.3 is 9.80 Å². The molecule has 26 heavy (non-hydrogen) atoms. The van der Waals surface area contributed by atoms with E-state index in [4.69, 9.17) is 0 Å². The number of benzene rings is 1. The molecule has 2 heterocycles. The number of rotatable bonds is 6. The molecule has 3 rings (SSSR count). The molecule has 1 aromatic rings. The first kappa shape index (κ1) is 19.2. The molecule has 2 aliphatic rings. The van der Waals surface area contributed by atoms with E-state index in [1.807, 2.05) is 4.90 Å². The molecule has 1 atom stereocenters. The normalized spacial score (nSPS) is 20.5. The van der Waals surface area contributed by atoms with E-state index >= 15 is 0 Å². The van der Waals surface area contributed by atoms with Crippen molar-refractivity contribution in [2.75, 3.05) is 39.3 Å². The van der Waals surface area contributed by atoms with Gasteiger partial charge >= 0.3 is 0 Å². The Morgan fingerprint density at radius 1 is 1.04 bits per heavy atom. The van der Waals surface area contributed by atoms with Crippen LogP contribution in [0.3, 0.4) is 0 Å². The van der Waals surface area contributed by atoms with Crippen molar-refractivity contribution in [3.63, 3.8) is 0 Å². The predicted molar refractivity (Wildman–Crippen MR) is 97.7 cm³/mol. The van der Waals surface area contributed by atoms with E-state index in [-0.39, 0.29) is 5.91 Å². The molecular formula is C20H29F2N3O. The summed E-state index contributed by atoms with van der Waals surface area (Å²) < 4.78 is 26.3. The maximum absolute atomic E-state index is 13.3. The van der Waals surface area contributed by atoms with Crippen LogP contribution in [0.25, 0.3) is 0 Å². The molecule has 1 aromatic carbocycles. The largest absolute Gasteiger partial charge is 0.340 e. The number of piperazine rings is 1. The van der Waals surface area contributed by atoms with E-state index in [2.05, 4.69) is 16.7 Å². The van der Waals surface area contributed by atoms with E-state index < -0.39 is 11.6 Å². The lowest BCUT2D eigenvalue weighted by atomic mass is 10.1. The monoisotopic (exact) mass is 365 g/mol. The van der Waals surface area contributed by atoms with Gasteiger partial charge in [0.25, 0.3) is 0 Å². The van der Waals surface area contributed by atoms with Gasteiger partial charge in [-0.2, -0.15) is 0 Å². The summed E-state index contributed by atoms with van der Waals surface area (Å²) in [6.07, 6.45) is 4.09. The summed E-state index contributed by atoms with van der Waals surface area (Å²) in [5, 5.41) is 0. The average Bonchev–Trinajstić information content (AvgIpc) is 3.18. The summed E-state index contributed by atoms with van der Waals surface area (Å²) in [6.45, 7) is 8.10. The van der Waals surface area contributed by atoms with Crippen LogP contribution in [0.15, 0.2) is 18.2 Å². The number of nitrogens with zero attached hydrogens (tertiary/aromatic N) is 3. The molecule has 0 spiro atoms. The summed E-state index contributed by atoms with van der Waals surface area (Å²) >= 11 is 0. The molecule has 0 aliphatic carbocycles. The summed E-state index contributed by atoms with van der Waals surface area (Å²) in [6, 6.07) is 4.53. The van der Waals surface area contributed by atoms with Crippen LogP contribution < -0.4 is 0 Å². The van der Waals surface area contributed by atoms with Crippen LogP contribution in [0.4, 0.5) is 8.78 Å². The molecule has 0 bridgehead atoms. The SMILES string of the molecule is CC(CCC(=O)N1CCN(Cc2ccc(F)c(F)c2)CC1)N1CCCC1. The summed E-state index contributed by atoms with van der Waals surface area (Å²) in [4.78, 5) is 19.1. The van der Waals surface area contributed by atoms with Gasteiger partial charge in [0, 0.05) is 45.2 Å². The molecule has 0 saturated carbocycles. The molecular weight excluding hydrogens is 336 g/mol. The third-order valence-corrected chi connectivity index (χ3v) is 5.66. The Bertz CT molecular complexity index is 611. The first-order valence-corrected chi connectivity index (χ1v) is 9.71.